The molecule has 1 atom stereocenters. The van der Waals surface area contributed by atoms with Crippen LogP contribution in [-0.4, -0.2) is 34.6 Å². The topological polar surface area (TPSA) is 58.4 Å². The molecule has 110 valence electrons. The van der Waals surface area contributed by atoms with Gasteiger partial charge in [-0.1, -0.05) is 25.9 Å². The van der Waals surface area contributed by atoms with E-state index in [1.807, 2.05) is 6.07 Å². The van der Waals surface area contributed by atoms with E-state index in [1.54, 1.807) is 0 Å². The third-order valence-electron chi connectivity index (χ3n) is 4.14. The largest absolute Gasteiger partial charge is 0.338 e. The van der Waals surface area contributed by atoms with Crippen molar-refractivity contribution >= 4 is 11.8 Å². The van der Waals surface area contributed by atoms with Crippen LogP contribution in [0.2, 0.25) is 0 Å². The molecule has 2 fully saturated rings. The Kier molecular flexibility index (Phi) is 3.32. The lowest BCUT2D eigenvalue weighted by molar-refractivity contribution is -0.120. The Balaban J connectivity index is 1.65. The van der Waals surface area contributed by atoms with E-state index >= 15 is 0 Å². The summed E-state index contributed by atoms with van der Waals surface area (Å²) in [7, 11) is 0. The highest BCUT2D eigenvalue weighted by Gasteiger charge is 2.40. The van der Waals surface area contributed by atoms with Crippen molar-refractivity contribution in [1.29, 1.82) is 0 Å². The van der Waals surface area contributed by atoms with Crippen LogP contribution in [0.5, 0.6) is 0 Å². The van der Waals surface area contributed by atoms with Gasteiger partial charge in [-0.2, -0.15) is 0 Å². The number of hydrogen-bond donors (Lipinski definition) is 1. The number of anilines is 1. The molecular formula is C15H23N3O2. The number of hydrogen-bond acceptors (Lipinski definition) is 4. The Morgan fingerprint density at radius 2 is 2.15 bits per heavy atom. The molecule has 1 N–H and O–H groups in total. The number of likely N-dealkylation sites (tertiary alicyclic amines) is 1. The van der Waals surface area contributed by atoms with Crippen LogP contribution in [0.1, 0.15) is 52.1 Å². The van der Waals surface area contributed by atoms with Gasteiger partial charge in [0.2, 0.25) is 11.8 Å². The fourth-order valence-electron chi connectivity index (χ4n) is 2.81. The highest BCUT2D eigenvalue weighted by atomic mass is 16.5. The van der Waals surface area contributed by atoms with Crippen LogP contribution in [-0.2, 0) is 10.2 Å². The molecule has 1 aromatic rings. The summed E-state index contributed by atoms with van der Waals surface area (Å²) < 4.78 is 5.23. The highest BCUT2D eigenvalue weighted by molar-refractivity contribution is 5.94. The van der Waals surface area contributed by atoms with Crippen molar-refractivity contribution in [2.75, 3.05) is 11.9 Å². The molecule has 5 nitrogen and oxygen atoms in total. The van der Waals surface area contributed by atoms with E-state index in [2.05, 4.69) is 36.1 Å². The fraction of sp³-hybridized carbons (Fsp3) is 0.733. The molecule has 0 radical (unpaired) electrons. The summed E-state index contributed by atoms with van der Waals surface area (Å²) in [6, 6.07) is 2.47. The van der Waals surface area contributed by atoms with Crippen LogP contribution in [0.4, 0.5) is 5.88 Å². The van der Waals surface area contributed by atoms with Crippen molar-refractivity contribution in [3.8, 4) is 0 Å². The lowest BCUT2D eigenvalue weighted by Gasteiger charge is -2.22. The molecule has 3 rings (SSSR count). The maximum Gasteiger partial charge on any atom is 0.244 e. The van der Waals surface area contributed by atoms with Crippen molar-refractivity contribution in [3.63, 3.8) is 0 Å². The van der Waals surface area contributed by atoms with Gasteiger partial charge >= 0.3 is 0 Å². The Hall–Kier alpha value is -1.36. The average Bonchev–Trinajstić information content (AvgIpc) is 2.91. The van der Waals surface area contributed by atoms with Gasteiger partial charge in [0.1, 0.15) is 0 Å². The summed E-state index contributed by atoms with van der Waals surface area (Å²) in [5.41, 5.74) is 0.790. The minimum atomic E-state index is -0.0696. The number of carbonyl (C=O) groups excluding carboxylic acids is 1. The lowest BCUT2D eigenvalue weighted by Crippen LogP contribution is -2.40. The zero-order chi connectivity index (χ0) is 14.3. The Labute approximate surface area is 119 Å². The smallest absolute Gasteiger partial charge is 0.244 e. The molecule has 0 unspecified atom stereocenters. The van der Waals surface area contributed by atoms with Gasteiger partial charge < -0.3 is 4.52 Å². The van der Waals surface area contributed by atoms with Gasteiger partial charge in [-0.15, -0.1) is 0 Å². The van der Waals surface area contributed by atoms with Crippen molar-refractivity contribution in [3.05, 3.63) is 11.8 Å². The van der Waals surface area contributed by atoms with E-state index in [9.17, 15) is 4.79 Å². The van der Waals surface area contributed by atoms with Crippen LogP contribution < -0.4 is 5.32 Å². The molecule has 0 aromatic carbocycles. The molecule has 1 amide bonds. The van der Waals surface area contributed by atoms with Crippen LogP contribution in [0, 0.1) is 0 Å². The molecule has 0 bridgehead atoms. The number of amides is 1. The summed E-state index contributed by atoms with van der Waals surface area (Å²) in [5, 5.41) is 6.91. The first-order valence-corrected chi connectivity index (χ1v) is 7.49. The first-order chi connectivity index (χ1) is 9.45. The van der Waals surface area contributed by atoms with E-state index in [4.69, 9.17) is 4.52 Å². The van der Waals surface area contributed by atoms with Crippen molar-refractivity contribution in [2.24, 2.45) is 0 Å². The van der Waals surface area contributed by atoms with E-state index in [1.165, 1.54) is 12.8 Å². The van der Waals surface area contributed by atoms with Crippen LogP contribution in [0.3, 0.4) is 0 Å². The average molecular weight is 277 g/mol. The molecule has 1 aliphatic heterocycles. The normalized spacial score (nSPS) is 24.1. The second-order valence-corrected chi connectivity index (χ2v) is 6.94. The predicted octanol–water partition coefficient (Wildman–Crippen LogP) is 2.54. The van der Waals surface area contributed by atoms with Gasteiger partial charge in [0.05, 0.1) is 11.7 Å². The summed E-state index contributed by atoms with van der Waals surface area (Å²) in [6.45, 7) is 7.26. The van der Waals surface area contributed by atoms with E-state index in [0.717, 1.165) is 25.1 Å². The Morgan fingerprint density at radius 3 is 2.75 bits per heavy atom. The molecule has 1 aliphatic carbocycles. The minimum Gasteiger partial charge on any atom is -0.338 e. The van der Waals surface area contributed by atoms with Crippen molar-refractivity contribution in [1.82, 2.24) is 10.1 Å². The first-order valence-electron chi connectivity index (χ1n) is 7.49. The maximum absolute atomic E-state index is 12.4. The van der Waals surface area contributed by atoms with E-state index in [0.29, 0.717) is 11.9 Å². The summed E-state index contributed by atoms with van der Waals surface area (Å²) in [5.74, 6) is 0.508. The first kappa shape index (κ1) is 13.6. The second kappa shape index (κ2) is 4.88. The molecule has 1 saturated carbocycles. The number of nitrogens with one attached hydrogen (secondary N) is 1. The van der Waals surface area contributed by atoms with Gasteiger partial charge in [-0.25, -0.2) is 0 Å². The van der Waals surface area contributed by atoms with E-state index < -0.39 is 0 Å². The fourth-order valence-corrected chi connectivity index (χ4v) is 2.81. The van der Waals surface area contributed by atoms with E-state index in [-0.39, 0.29) is 17.4 Å². The maximum atomic E-state index is 12.4. The highest BCUT2D eigenvalue weighted by Crippen LogP contribution is 2.34. The summed E-state index contributed by atoms with van der Waals surface area (Å²) in [4.78, 5) is 14.7. The second-order valence-electron chi connectivity index (χ2n) is 6.94. The van der Waals surface area contributed by atoms with Gasteiger partial charge in [0, 0.05) is 17.5 Å². The molecule has 1 aromatic heterocycles. The molecule has 2 heterocycles. The molecule has 5 heteroatoms. The lowest BCUT2D eigenvalue weighted by atomic mass is 9.92. The molecule has 2 aliphatic rings. The van der Waals surface area contributed by atoms with Crippen LogP contribution in [0.25, 0.3) is 0 Å². The number of rotatable bonds is 3. The number of nitrogens with zero attached hydrogens (tertiary/aromatic N) is 2. The van der Waals surface area contributed by atoms with Crippen LogP contribution in [0.15, 0.2) is 10.6 Å². The monoisotopic (exact) mass is 277 g/mol. The third-order valence-corrected chi connectivity index (χ3v) is 4.14. The summed E-state index contributed by atoms with van der Waals surface area (Å²) >= 11 is 0. The predicted molar refractivity (Wildman–Crippen MR) is 76.6 cm³/mol. The van der Waals surface area contributed by atoms with Crippen molar-refractivity contribution < 1.29 is 9.32 Å². The standard InChI is InChI=1S/C15H23N3O2/c1-15(2,3)12-9-13(20-17-12)16-14(19)11-5-4-8-18(11)10-6-7-10/h9-11H,4-8H2,1-3H3,(H,16,19)/t11-/m0/s1. The zero-order valence-corrected chi connectivity index (χ0v) is 12.5. The van der Waals surface area contributed by atoms with Crippen molar-refractivity contribution in [2.45, 2.75) is 64.0 Å². The van der Waals surface area contributed by atoms with Gasteiger partial charge in [0.25, 0.3) is 0 Å². The zero-order valence-electron chi connectivity index (χ0n) is 12.5. The summed E-state index contributed by atoms with van der Waals surface area (Å²) in [6.07, 6.45) is 4.53. The minimum absolute atomic E-state index is 0.00527. The molecule has 0 spiro atoms. The molecular weight excluding hydrogens is 254 g/mol. The quantitative estimate of drug-likeness (QED) is 0.922. The Bertz CT molecular complexity index is 499. The SMILES string of the molecule is CC(C)(C)c1cc(NC(=O)[C@@H]2CCCN2C2CC2)on1. The Morgan fingerprint density at radius 1 is 1.40 bits per heavy atom. The number of carbonyl (C=O) groups is 1. The van der Waals surface area contributed by atoms with Crippen LogP contribution >= 0.6 is 0 Å². The van der Waals surface area contributed by atoms with Gasteiger partial charge in [-0.3, -0.25) is 15.0 Å². The number of aromatic nitrogens is 1. The molecule has 1 saturated heterocycles. The van der Waals surface area contributed by atoms with Gasteiger partial charge in [-0.05, 0) is 32.2 Å². The molecule has 20 heavy (non-hydrogen) atoms. The third kappa shape index (κ3) is 2.73. The van der Waals surface area contributed by atoms with Gasteiger partial charge in [0.15, 0.2) is 0 Å².